The van der Waals surface area contributed by atoms with Crippen molar-refractivity contribution >= 4 is 39.7 Å². The van der Waals surface area contributed by atoms with E-state index in [4.69, 9.17) is 16.3 Å². The third-order valence-electron chi connectivity index (χ3n) is 11.1. The summed E-state index contributed by atoms with van der Waals surface area (Å²) in [5.41, 5.74) is 4.81. The smallest absolute Gasteiger partial charge is 0.260 e. The molecule has 46 heavy (non-hydrogen) atoms. The predicted octanol–water partition coefficient (Wildman–Crippen LogP) is 8.49. The Kier molecular flexibility index (Phi) is 8.75. The summed E-state index contributed by atoms with van der Waals surface area (Å²) in [5.74, 6) is 5.69. The van der Waals surface area contributed by atoms with Crippen molar-refractivity contribution in [2.75, 3.05) is 24.6 Å². The summed E-state index contributed by atoms with van der Waals surface area (Å²) in [4.78, 5) is 20.5. The first-order valence-corrected chi connectivity index (χ1v) is 18.5. The Hall–Kier alpha value is -3.16. The Morgan fingerprint density at radius 1 is 1.15 bits per heavy atom. The lowest BCUT2D eigenvalue weighted by Crippen LogP contribution is -2.49. The largest absolute Gasteiger partial charge is 0.490 e. The standard InChI is InChI=1S/C38H43ClFN3O2S/c1-24-7-4-9-31(33-10-5-11-36(40)41-33)30-15-12-28(30)21-43-22-38(18-6-8-26-19-29(39)14-16-32(26)38)23-45-35-17-13-27(20-34(35)43)37(44)42-46(3)25(24)2/h4-5,9-11,13-14,16-17,19-20,24-25,28,30-31H,3,6-8,12,15,18,21-23H2,1-2H3,(H,42,44)/b9-4+/t24?,25?,28?,30?,31?,38-,46?/m0/s1. The van der Waals surface area contributed by atoms with Gasteiger partial charge in [-0.1, -0.05) is 66.3 Å². The molecule has 0 saturated heterocycles. The minimum Gasteiger partial charge on any atom is -0.490 e. The fraction of sp³-hybridized carbons (Fsp3) is 0.447. The maximum absolute atomic E-state index is 14.5. The summed E-state index contributed by atoms with van der Waals surface area (Å²) in [6.07, 6.45) is 10.6. The SMILES string of the molecule is C=S1NC(=O)c2ccc3c(c2)N(CC2CCC2C(c2cccc(F)n2)/C=C/CC(C)C1C)C[C@@]1(CCCc2cc(Cl)ccc21)CO3. The van der Waals surface area contributed by atoms with E-state index < -0.39 is 16.6 Å². The van der Waals surface area contributed by atoms with Gasteiger partial charge in [0.2, 0.25) is 5.95 Å². The van der Waals surface area contributed by atoms with Gasteiger partial charge in [0, 0.05) is 40.3 Å². The Morgan fingerprint density at radius 3 is 2.83 bits per heavy atom. The van der Waals surface area contributed by atoms with Crippen LogP contribution in [0.1, 0.15) is 79.0 Å². The van der Waals surface area contributed by atoms with Gasteiger partial charge < -0.3 is 14.4 Å². The van der Waals surface area contributed by atoms with Crippen LogP contribution in [0.15, 0.2) is 66.7 Å². The number of carbonyl (C=O) groups excluding carboxylic acids is 1. The highest BCUT2D eigenvalue weighted by Gasteiger charge is 2.44. The van der Waals surface area contributed by atoms with Gasteiger partial charge in [-0.2, -0.15) is 4.39 Å². The number of nitrogens with one attached hydrogen (secondary N) is 1. The van der Waals surface area contributed by atoms with Crippen molar-refractivity contribution in [1.29, 1.82) is 0 Å². The molecule has 1 fully saturated rings. The lowest BCUT2D eigenvalue weighted by molar-refractivity contribution is 0.0984. The van der Waals surface area contributed by atoms with Crippen molar-refractivity contribution in [3.63, 3.8) is 0 Å². The quantitative estimate of drug-likeness (QED) is 0.162. The highest BCUT2D eigenvalue weighted by Crippen LogP contribution is 2.49. The van der Waals surface area contributed by atoms with Crippen molar-refractivity contribution in [3.05, 3.63) is 100 Å². The maximum Gasteiger partial charge on any atom is 0.260 e. The van der Waals surface area contributed by atoms with Gasteiger partial charge in [0.15, 0.2) is 0 Å². The number of pyridine rings is 1. The van der Waals surface area contributed by atoms with Crippen molar-refractivity contribution in [3.8, 4) is 5.75 Å². The zero-order valence-electron chi connectivity index (χ0n) is 26.7. The zero-order chi connectivity index (χ0) is 32.0. The highest BCUT2D eigenvalue weighted by atomic mass is 35.5. The van der Waals surface area contributed by atoms with Gasteiger partial charge in [0.05, 0.1) is 18.0 Å². The molecule has 1 spiro atoms. The molecule has 0 radical (unpaired) electrons. The Labute approximate surface area is 279 Å². The van der Waals surface area contributed by atoms with E-state index in [0.29, 0.717) is 29.9 Å². The maximum atomic E-state index is 14.5. The average molecular weight is 660 g/mol. The molecule has 7 rings (SSSR count). The van der Waals surface area contributed by atoms with Crippen LogP contribution in [-0.2, 0) is 11.8 Å². The molecule has 1 aromatic heterocycles. The first-order valence-electron chi connectivity index (χ1n) is 16.6. The van der Waals surface area contributed by atoms with E-state index in [1.54, 1.807) is 6.07 Å². The molecule has 1 amide bonds. The zero-order valence-corrected chi connectivity index (χ0v) is 28.3. The Bertz CT molecular complexity index is 1700. The first kappa shape index (κ1) is 31.4. The summed E-state index contributed by atoms with van der Waals surface area (Å²) < 4.78 is 24.4. The van der Waals surface area contributed by atoms with Gasteiger partial charge in [0.1, 0.15) is 5.75 Å². The van der Waals surface area contributed by atoms with Crippen molar-refractivity contribution in [2.45, 2.75) is 69.0 Å². The van der Waals surface area contributed by atoms with E-state index in [1.165, 1.54) is 17.2 Å². The number of aromatic nitrogens is 1. The summed E-state index contributed by atoms with van der Waals surface area (Å²) in [7, 11) is -0.569. The number of amides is 1. The summed E-state index contributed by atoms with van der Waals surface area (Å²) >= 11 is 6.46. The molecule has 1 N–H and O–H groups in total. The number of hydrogen-bond donors (Lipinski definition) is 1. The second-order valence-corrected chi connectivity index (χ2v) is 16.1. The average Bonchev–Trinajstić information content (AvgIpc) is 3.18. The van der Waals surface area contributed by atoms with Crippen molar-refractivity contribution in [1.82, 2.24) is 9.71 Å². The van der Waals surface area contributed by atoms with E-state index in [2.05, 4.69) is 58.6 Å². The lowest BCUT2D eigenvalue weighted by atomic mass is 9.65. The first-order chi connectivity index (χ1) is 22.2. The Morgan fingerprint density at radius 2 is 2.02 bits per heavy atom. The molecule has 6 unspecified atom stereocenters. The molecule has 5 nitrogen and oxygen atoms in total. The van der Waals surface area contributed by atoms with E-state index >= 15 is 0 Å². The third kappa shape index (κ3) is 6.01. The molecular formula is C38H43ClFN3O2S. The van der Waals surface area contributed by atoms with Gasteiger partial charge in [-0.15, -0.1) is 0 Å². The summed E-state index contributed by atoms with van der Waals surface area (Å²) in [6.45, 7) is 6.55. The number of halogens is 2. The van der Waals surface area contributed by atoms with Crippen LogP contribution in [0.3, 0.4) is 0 Å². The monoisotopic (exact) mass is 659 g/mol. The van der Waals surface area contributed by atoms with E-state index in [9.17, 15) is 9.18 Å². The molecule has 1 saturated carbocycles. The topological polar surface area (TPSA) is 54.5 Å². The predicted molar refractivity (Wildman–Crippen MR) is 188 cm³/mol. The normalized spacial score (nSPS) is 31.8. The second kappa shape index (κ2) is 12.8. The summed E-state index contributed by atoms with van der Waals surface area (Å²) in [5, 5.41) is 0.953. The van der Waals surface area contributed by atoms with Crippen LogP contribution in [0.5, 0.6) is 5.75 Å². The van der Waals surface area contributed by atoms with Crippen molar-refractivity contribution < 1.29 is 13.9 Å². The fourth-order valence-corrected chi connectivity index (χ4v) is 9.49. The molecule has 3 heterocycles. The van der Waals surface area contributed by atoms with Crippen LogP contribution in [0.25, 0.3) is 0 Å². The van der Waals surface area contributed by atoms with Crippen LogP contribution in [0.2, 0.25) is 5.02 Å². The molecule has 2 aromatic carbocycles. The van der Waals surface area contributed by atoms with Gasteiger partial charge in [-0.3, -0.25) is 4.79 Å². The lowest BCUT2D eigenvalue weighted by Gasteiger charge is -2.46. The number of anilines is 1. The van der Waals surface area contributed by atoms with Crippen LogP contribution in [0.4, 0.5) is 10.1 Å². The molecule has 2 bridgehead atoms. The molecule has 4 aliphatic rings. The van der Waals surface area contributed by atoms with Gasteiger partial charge in [0.25, 0.3) is 5.91 Å². The summed E-state index contributed by atoms with van der Waals surface area (Å²) in [6, 6.07) is 17.4. The number of rotatable bonds is 1. The molecular weight excluding hydrogens is 617 g/mol. The second-order valence-electron chi connectivity index (χ2n) is 13.9. The van der Waals surface area contributed by atoms with Crippen LogP contribution in [0, 0.1) is 23.7 Å². The van der Waals surface area contributed by atoms with E-state index in [1.807, 2.05) is 30.3 Å². The number of ether oxygens (including phenoxy) is 1. The number of allylic oxidation sites excluding steroid dienone is 2. The van der Waals surface area contributed by atoms with Gasteiger partial charge >= 0.3 is 0 Å². The van der Waals surface area contributed by atoms with Gasteiger partial charge in [-0.25, -0.2) is 4.98 Å². The third-order valence-corrected chi connectivity index (χ3v) is 13.1. The number of aryl methyl sites for hydroxylation is 1. The number of nitrogens with zero attached hydrogens (tertiary/aromatic N) is 2. The van der Waals surface area contributed by atoms with Crippen LogP contribution >= 0.6 is 22.3 Å². The highest BCUT2D eigenvalue weighted by molar-refractivity contribution is 8.13. The number of hydrogen-bond acceptors (Lipinski definition) is 4. The Balaban J connectivity index is 1.31. The molecule has 8 heteroatoms. The molecule has 3 aromatic rings. The number of benzene rings is 2. The van der Waals surface area contributed by atoms with Crippen molar-refractivity contribution in [2.24, 2.45) is 17.8 Å². The van der Waals surface area contributed by atoms with Crippen LogP contribution in [-0.4, -0.2) is 41.7 Å². The van der Waals surface area contributed by atoms with Gasteiger partial charge in [-0.05, 0) is 110 Å². The number of carbonyl (C=O) groups is 1. The molecule has 2 aliphatic heterocycles. The van der Waals surface area contributed by atoms with E-state index in [-0.39, 0.29) is 22.5 Å². The molecule has 242 valence electrons. The van der Waals surface area contributed by atoms with Crippen LogP contribution < -0.4 is 14.4 Å². The number of fused-ring (bicyclic) bond motifs is 4. The minimum absolute atomic E-state index is 0.0307. The van der Waals surface area contributed by atoms with E-state index in [0.717, 1.165) is 73.8 Å². The fourth-order valence-electron chi connectivity index (χ4n) is 8.09. The minimum atomic E-state index is -0.569. The molecule has 2 aliphatic carbocycles. The molecule has 7 atom stereocenters.